The molecule has 1 aromatic carbocycles. The normalized spacial score (nSPS) is 18.4. The van der Waals surface area contributed by atoms with Crippen LogP contribution in [0.25, 0.3) is 0 Å². The zero-order valence-electron chi connectivity index (χ0n) is 11.4. The molecule has 0 bridgehead atoms. The van der Waals surface area contributed by atoms with Crippen molar-refractivity contribution in [3.8, 4) is 0 Å². The Kier molecular flexibility index (Phi) is 6.33. The van der Waals surface area contributed by atoms with E-state index >= 15 is 0 Å². The number of carbonyl (C=O) groups is 1. The molecule has 1 aliphatic heterocycles. The van der Waals surface area contributed by atoms with Crippen LogP contribution in [0.2, 0.25) is 0 Å². The van der Waals surface area contributed by atoms with E-state index in [1.54, 1.807) is 11.8 Å². The maximum atomic E-state index is 12.1. The number of cyclic esters (lactones) is 1. The van der Waals surface area contributed by atoms with E-state index in [1.165, 1.54) is 0 Å². The summed E-state index contributed by atoms with van der Waals surface area (Å²) in [5.41, 5.74) is 1.74. The minimum atomic E-state index is -0.209. The van der Waals surface area contributed by atoms with Crippen LogP contribution >= 0.6 is 24.0 Å². The van der Waals surface area contributed by atoms with Crippen molar-refractivity contribution in [3.63, 3.8) is 0 Å². The number of nitrogens with one attached hydrogen (secondary N) is 1. The Morgan fingerprint density at radius 3 is 3.00 bits per heavy atom. The first-order chi connectivity index (χ1) is 9.77. The SMILES string of the molecule is O=C1OCCCCC(=S)NCCSCc2ccccc21. The molecule has 0 saturated carbocycles. The van der Waals surface area contributed by atoms with Crippen molar-refractivity contribution in [2.75, 3.05) is 18.9 Å². The fourth-order valence-electron chi connectivity index (χ4n) is 2.01. The minimum absolute atomic E-state index is 0.209. The van der Waals surface area contributed by atoms with E-state index in [4.69, 9.17) is 17.0 Å². The van der Waals surface area contributed by atoms with Gasteiger partial charge in [-0.3, -0.25) is 0 Å². The fourth-order valence-corrected chi connectivity index (χ4v) is 3.12. The Balaban J connectivity index is 2.04. The molecule has 0 amide bonds. The first-order valence-electron chi connectivity index (χ1n) is 6.87. The summed E-state index contributed by atoms with van der Waals surface area (Å²) in [7, 11) is 0. The molecule has 0 unspecified atom stereocenters. The predicted octanol–water partition coefficient (Wildman–Crippen LogP) is 3.18. The number of thioether (sulfide) groups is 1. The second-order valence-electron chi connectivity index (χ2n) is 4.65. The fraction of sp³-hybridized carbons (Fsp3) is 0.467. The first-order valence-corrected chi connectivity index (χ1v) is 8.43. The van der Waals surface area contributed by atoms with Crippen molar-refractivity contribution >= 4 is 34.9 Å². The number of rotatable bonds is 0. The van der Waals surface area contributed by atoms with Gasteiger partial charge in [-0.05, 0) is 30.9 Å². The lowest BCUT2D eigenvalue weighted by molar-refractivity contribution is 0.0498. The van der Waals surface area contributed by atoms with Gasteiger partial charge in [0.2, 0.25) is 0 Å². The van der Waals surface area contributed by atoms with Crippen molar-refractivity contribution in [2.45, 2.75) is 25.0 Å². The zero-order chi connectivity index (χ0) is 14.2. The highest BCUT2D eigenvalue weighted by Crippen LogP contribution is 2.17. The Bertz CT molecular complexity index is 477. The summed E-state index contributed by atoms with van der Waals surface area (Å²) in [4.78, 5) is 13.0. The van der Waals surface area contributed by atoms with E-state index in [2.05, 4.69) is 5.32 Å². The van der Waals surface area contributed by atoms with E-state index in [0.29, 0.717) is 12.2 Å². The van der Waals surface area contributed by atoms with Gasteiger partial charge in [-0.15, -0.1) is 0 Å². The maximum Gasteiger partial charge on any atom is 0.338 e. The van der Waals surface area contributed by atoms with E-state index in [-0.39, 0.29) is 5.97 Å². The Hall–Kier alpha value is -1.07. The molecule has 1 N–H and O–H groups in total. The van der Waals surface area contributed by atoms with Gasteiger partial charge in [0.1, 0.15) is 0 Å². The molecule has 0 fully saturated rings. The van der Waals surface area contributed by atoms with Crippen LogP contribution in [0, 0.1) is 0 Å². The Morgan fingerprint density at radius 2 is 2.10 bits per heavy atom. The molecule has 3 nitrogen and oxygen atoms in total. The van der Waals surface area contributed by atoms with Gasteiger partial charge >= 0.3 is 5.97 Å². The van der Waals surface area contributed by atoms with Crippen molar-refractivity contribution in [1.29, 1.82) is 0 Å². The van der Waals surface area contributed by atoms with E-state index in [9.17, 15) is 4.79 Å². The summed E-state index contributed by atoms with van der Waals surface area (Å²) in [6.45, 7) is 1.35. The van der Waals surface area contributed by atoms with Gasteiger partial charge in [0.25, 0.3) is 0 Å². The van der Waals surface area contributed by atoms with Crippen LogP contribution in [0.15, 0.2) is 24.3 Å². The van der Waals surface area contributed by atoms with Gasteiger partial charge in [0.05, 0.1) is 17.2 Å². The molecule has 0 aromatic heterocycles. The lowest BCUT2D eigenvalue weighted by Crippen LogP contribution is -2.24. The number of fused-ring (bicyclic) bond motifs is 1. The summed E-state index contributed by atoms with van der Waals surface area (Å²) in [5, 5.41) is 3.27. The molecule has 1 heterocycles. The van der Waals surface area contributed by atoms with Crippen LogP contribution in [0.5, 0.6) is 0 Å². The van der Waals surface area contributed by atoms with Crippen molar-refractivity contribution < 1.29 is 9.53 Å². The molecular formula is C15H19NO2S2. The van der Waals surface area contributed by atoms with Gasteiger partial charge in [0, 0.05) is 18.1 Å². The van der Waals surface area contributed by atoms with Crippen LogP contribution in [0.4, 0.5) is 0 Å². The molecule has 2 rings (SSSR count). The van der Waals surface area contributed by atoms with Gasteiger partial charge in [-0.1, -0.05) is 30.4 Å². The Morgan fingerprint density at radius 1 is 1.25 bits per heavy atom. The monoisotopic (exact) mass is 309 g/mol. The van der Waals surface area contributed by atoms with Gasteiger partial charge in [0.15, 0.2) is 0 Å². The molecule has 1 aliphatic rings. The standard InChI is InChI=1S/C15H19NO2S2/c17-15-13-6-2-1-5-12(13)11-20-10-8-16-14(19)7-3-4-9-18-15/h1-2,5-6H,3-4,7-11H2,(H,16,19). The lowest BCUT2D eigenvalue weighted by Gasteiger charge is -2.12. The maximum absolute atomic E-state index is 12.1. The second-order valence-corrected chi connectivity index (χ2v) is 6.25. The number of hydrogen-bond acceptors (Lipinski definition) is 4. The number of esters is 1. The molecule has 0 spiro atoms. The third-order valence-corrected chi connectivity index (χ3v) is 4.45. The highest BCUT2D eigenvalue weighted by molar-refractivity contribution is 7.98. The number of thiocarbonyl (C=S) groups is 1. The van der Waals surface area contributed by atoms with E-state index in [0.717, 1.165) is 47.9 Å². The van der Waals surface area contributed by atoms with Crippen molar-refractivity contribution in [2.24, 2.45) is 0 Å². The summed E-state index contributed by atoms with van der Waals surface area (Å²) < 4.78 is 5.34. The molecule has 0 saturated heterocycles. The first kappa shape index (κ1) is 15.3. The zero-order valence-corrected chi connectivity index (χ0v) is 13.0. The van der Waals surface area contributed by atoms with Crippen LogP contribution in [-0.2, 0) is 10.5 Å². The summed E-state index contributed by atoms with van der Waals surface area (Å²) in [6.07, 6.45) is 2.67. The summed E-state index contributed by atoms with van der Waals surface area (Å²) >= 11 is 7.05. The van der Waals surface area contributed by atoms with E-state index < -0.39 is 0 Å². The van der Waals surface area contributed by atoms with Gasteiger partial charge in [-0.2, -0.15) is 11.8 Å². The van der Waals surface area contributed by atoms with Crippen LogP contribution in [-0.4, -0.2) is 29.9 Å². The third kappa shape index (κ3) is 4.80. The largest absolute Gasteiger partial charge is 0.462 e. The van der Waals surface area contributed by atoms with Crippen molar-refractivity contribution in [3.05, 3.63) is 35.4 Å². The predicted molar refractivity (Wildman–Crippen MR) is 87.3 cm³/mol. The molecule has 108 valence electrons. The quantitative estimate of drug-likeness (QED) is 0.588. The lowest BCUT2D eigenvalue weighted by atomic mass is 10.1. The van der Waals surface area contributed by atoms with Crippen LogP contribution in [0.3, 0.4) is 0 Å². The average molecular weight is 309 g/mol. The number of hydrogen-bond donors (Lipinski definition) is 1. The summed E-state index contributed by atoms with van der Waals surface area (Å²) in [5.74, 6) is 1.59. The second kappa shape index (κ2) is 8.27. The van der Waals surface area contributed by atoms with Crippen LogP contribution in [0.1, 0.15) is 35.2 Å². The van der Waals surface area contributed by atoms with Crippen molar-refractivity contribution in [1.82, 2.24) is 5.32 Å². The minimum Gasteiger partial charge on any atom is -0.462 e. The smallest absolute Gasteiger partial charge is 0.338 e. The number of carbonyl (C=O) groups excluding carboxylic acids is 1. The highest BCUT2D eigenvalue weighted by atomic mass is 32.2. The summed E-state index contributed by atoms with van der Waals surface area (Å²) in [6, 6.07) is 7.68. The topological polar surface area (TPSA) is 38.3 Å². The van der Waals surface area contributed by atoms with Gasteiger partial charge in [-0.25, -0.2) is 4.79 Å². The molecule has 0 radical (unpaired) electrons. The molecule has 0 aliphatic carbocycles. The molecule has 5 heteroatoms. The molecular weight excluding hydrogens is 290 g/mol. The molecule has 20 heavy (non-hydrogen) atoms. The van der Waals surface area contributed by atoms with Crippen LogP contribution < -0.4 is 5.32 Å². The van der Waals surface area contributed by atoms with Gasteiger partial charge < -0.3 is 10.1 Å². The third-order valence-electron chi connectivity index (χ3n) is 3.09. The Labute approximate surface area is 129 Å². The highest BCUT2D eigenvalue weighted by Gasteiger charge is 2.12. The number of ether oxygens (including phenoxy) is 1. The average Bonchev–Trinajstić information content (AvgIpc) is 2.46. The van der Waals surface area contributed by atoms with E-state index in [1.807, 2.05) is 24.3 Å². The number of benzene rings is 1. The molecule has 1 aromatic rings. The molecule has 0 atom stereocenters.